The second kappa shape index (κ2) is 7.99. The number of ether oxygens (including phenoxy) is 1. The minimum atomic E-state index is -1.00. The summed E-state index contributed by atoms with van der Waals surface area (Å²) in [6.45, 7) is 4.54. The van der Waals surface area contributed by atoms with Gasteiger partial charge in [-0.1, -0.05) is 17.3 Å². The molecule has 2 aromatic carbocycles. The molecular formula is C20H18F2N2O3. The highest BCUT2D eigenvalue weighted by atomic mass is 19.2. The summed E-state index contributed by atoms with van der Waals surface area (Å²) in [5.41, 5.74) is 2.51. The summed E-state index contributed by atoms with van der Waals surface area (Å²) < 4.78 is 37.0. The molecule has 0 aliphatic heterocycles. The predicted octanol–water partition coefficient (Wildman–Crippen LogP) is 4.05. The van der Waals surface area contributed by atoms with Gasteiger partial charge in [-0.3, -0.25) is 4.79 Å². The van der Waals surface area contributed by atoms with E-state index in [4.69, 9.17) is 9.26 Å². The molecule has 1 amide bonds. The Bertz CT molecular complexity index is 970. The third kappa shape index (κ3) is 4.31. The van der Waals surface area contributed by atoms with E-state index >= 15 is 0 Å². The van der Waals surface area contributed by atoms with Gasteiger partial charge in [0.1, 0.15) is 12.4 Å². The van der Waals surface area contributed by atoms with E-state index in [-0.39, 0.29) is 18.0 Å². The van der Waals surface area contributed by atoms with Crippen LogP contribution in [0.3, 0.4) is 0 Å². The zero-order chi connectivity index (χ0) is 19.4. The van der Waals surface area contributed by atoms with Gasteiger partial charge in [0.05, 0.1) is 6.54 Å². The first-order valence-corrected chi connectivity index (χ1v) is 8.35. The zero-order valence-corrected chi connectivity index (χ0v) is 14.9. The number of aromatic nitrogens is 1. The van der Waals surface area contributed by atoms with E-state index in [2.05, 4.69) is 10.5 Å². The number of benzene rings is 2. The molecule has 1 heterocycles. The van der Waals surface area contributed by atoms with Gasteiger partial charge >= 0.3 is 0 Å². The summed E-state index contributed by atoms with van der Waals surface area (Å²) >= 11 is 0. The van der Waals surface area contributed by atoms with Crippen LogP contribution in [-0.4, -0.2) is 24.2 Å². The van der Waals surface area contributed by atoms with Crippen molar-refractivity contribution in [3.8, 4) is 17.1 Å². The Morgan fingerprint density at radius 2 is 1.96 bits per heavy atom. The summed E-state index contributed by atoms with van der Waals surface area (Å²) in [6.07, 6.45) is 0. The normalized spacial score (nSPS) is 10.7. The monoisotopic (exact) mass is 372 g/mol. The van der Waals surface area contributed by atoms with Crippen molar-refractivity contribution in [2.24, 2.45) is 0 Å². The number of aryl methyl sites for hydroxylation is 1. The van der Waals surface area contributed by atoms with Crippen LogP contribution >= 0.6 is 0 Å². The molecule has 1 N–H and O–H groups in total. The quantitative estimate of drug-likeness (QED) is 0.663. The van der Waals surface area contributed by atoms with E-state index < -0.39 is 17.5 Å². The van der Waals surface area contributed by atoms with Gasteiger partial charge in [-0.05, 0) is 49.2 Å². The number of nitrogens with one attached hydrogen (secondary N) is 1. The fraction of sp³-hybridized carbons (Fsp3) is 0.200. The van der Waals surface area contributed by atoms with Gasteiger partial charge in [0.25, 0.3) is 5.91 Å². The molecule has 0 saturated heterocycles. The van der Waals surface area contributed by atoms with Crippen LogP contribution in [0.1, 0.15) is 21.6 Å². The Balaban J connectivity index is 1.55. The van der Waals surface area contributed by atoms with Crippen molar-refractivity contribution in [2.75, 3.05) is 13.2 Å². The maximum Gasteiger partial charge on any atom is 0.273 e. The number of rotatable bonds is 6. The molecule has 27 heavy (non-hydrogen) atoms. The third-order valence-electron chi connectivity index (χ3n) is 4.15. The maximum atomic E-state index is 13.3. The largest absolute Gasteiger partial charge is 0.491 e. The topological polar surface area (TPSA) is 64.4 Å². The smallest absolute Gasteiger partial charge is 0.273 e. The Morgan fingerprint density at radius 1 is 1.15 bits per heavy atom. The molecule has 5 nitrogen and oxygen atoms in total. The molecule has 0 fully saturated rings. The minimum absolute atomic E-state index is 0.0430. The maximum absolute atomic E-state index is 13.3. The number of carbonyl (C=O) groups excluding carboxylic acids is 1. The molecule has 0 bridgehead atoms. The number of amides is 1. The molecule has 0 spiro atoms. The molecule has 1 aromatic heterocycles. The van der Waals surface area contributed by atoms with Crippen LogP contribution in [0.2, 0.25) is 0 Å². The van der Waals surface area contributed by atoms with Crippen LogP contribution in [0.5, 0.6) is 5.75 Å². The van der Waals surface area contributed by atoms with E-state index in [1.165, 1.54) is 12.1 Å². The summed E-state index contributed by atoms with van der Waals surface area (Å²) in [6, 6.07) is 10.5. The fourth-order valence-corrected chi connectivity index (χ4v) is 2.46. The fourth-order valence-electron chi connectivity index (χ4n) is 2.46. The molecule has 0 unspecified atom stereocenters. The Morgan fingerprint density at radius 3 is 2.74 bits per heavy atom. The standard InChI is InChI=1S/C20H18F2N2O3/c1-12-4-3-5-18(13(12)2)26-9-8-23-20(25)17-11-19(27-24-17)14-6-7-15(21)16(22)10-14/h3-7,10-11H,8-9H2,1-2H3,(H,23,25). The average molecular weight is 372 g/mol. The predicted molar refractivity (Wildman–Crippen MR) is 95.6 cm³/mol. The van der Waals surface area contributed by atoms with E-state index in [0.717, 1.165) is 29.0 Å². The number of halogens is 2. The van der Waals surface area contributed by atoms with Crippen LogP contribution in [0.25, 0.3) is 11.3 Å². The summed E-state index contributed by atoms with van der Waals surface area (Å²) in [5.74, 6) is -1.47. The van der Waals surface area contributed by atoms with Crippen molar-refractivity contribution < 1.29 is 22.8 Å². The highest BCUT2D eigenvalue weighted by Crippen LogP contribution is 2.22. The van der Waals surface area contributed by atoms with Crippen molar-refractivity contribution in [1.82, 2.24) is 10.5 Å². The summed E-state index contributed by atoms with van der Waals surface area (Å²) in [5, 5.41) is 6.33. The molecule has 7 heteroatoms. The van der Waals surface area contributed by atoms with E-state index in [9.17, 15) is 13.6 Å². The van der Waals surface area contributed by atoms with Crippen LogP contribution in [-0.2, 0) is 0 Å². The van der Waals surface area contributed by atoms with Crippen LogP contribution < -0.4 is 10.1 Å². The lowest BCUT2D eigenvalue weighted by molar-refractivity contribution is 0.0938. The van der Waals surface area contributed by atoms with Crippen molar-refractivity contribution in [3.63, 3.8) is 0 Å². The third-order valence-corrected chi connectivity index (χ3v) is 4.15. The first kappa shape index (κ1) is 18.6. The van der Waals surface area contributed by atoms with Crippen molar-refractivity contribution in [2.45, 2.75) is 13.8 Å². The van der Waals surface area contributed by atoms with Gasteiger partial charge in [0, 0.05) is 11.6 Å². The molecule has 0 atom stereocenters. The van der Waals surface area contributed by atoms with E-state index in [1.54, 1.807) is 0 Å². The highest BCUT2D eigenvalue weighted by Gasteiger charge is 2.15. The van der Waals surface area contributed by atoms with E-state index in [1.807, 2.05) is 32.0 Å². The van der Waals surface area contributed by atoms with Crippen LogP contribution in [0.4, 0.5) is 8.78 Å². The summed E-state index contributed by atoms with van der Waals surface area (Å²) in [4.78, 5) is 12.1. The van der Waals surface area contributed by atoms with Crippen molar-refractivity contribution in [3.05, 3.63) is 70.9 Å². The van der Waals surface area contributed by atoms with Crippen molar-refractivity contribution in [1.29, 1.82) is 0 Å². The minimum Gasteiger partial charge on any atom is -0.491 e. The molecular weight excluding hydrogens is 354 g/mol. The lowest BCUT2D eigenvalue weighted by Gasteiger charge is -2.10. The molecule has 3 aromatic rings. The number of nitrogens with zero attached hydrogens (tertiary/aromatic N) is 1. The molecule has 140 valence electrons. The second-order valence-electron chi connectivity index (χ2n) is 6.01. The molecule has 0 radical (unpaired) electrons. The average Bonchev–Trinajstić information content (AvgIpc) is 3.14. The Kier molecular flexibility index (Phi) is 5.49. The number of carbonyl (C=O) groups is 1. The van der Waals surface area contributed by atoms with Gasteiger partial charge in [0.2, 0.25) is 0 Å². The number of hydrogen-bond acceptors (Lipinski definition) is 4. The highest BCUT2D eigenvalue weighted by molar-refractivity contribution is 5.93. The van der Waals surface area contributed by atoms with Crippen molar-refractivity contribution >= 4 is 5.91 Å². The molecule has 0 aliphatic rings. The molecule has 3 rings (SSSR count). The van der Waals surface area contributed by atoms with Gasteiger partial charge < -0.3 is 14.6 Å². The van der Waals surface area contributed by atoms with Crippen LogP contribution in [0.15, 0.2) is 47.0 Å². The van der Waals surface area contributed by atoms with Gasteiger partial charge in [-0.2, -0.15) is 0 Å². The van der Waals surface area contributed by atoms with Gasteiger partial charge in [-0.15, -0.1) is 0 Å². The SMILES string of the molecule is Cc1cccc(OCCNC(=O)c2cc(-c3ccc(F)c(F)c3)on2)c1C. The van der Waals surface area contributed by atoms with E-state index in [0.29, 0.717) is 12.2 Å². The Labute approximate surface area is 154 Å². The van der Waals surface area contributed by atoms with Gasteiger partial charge in [-0.25, -0.2) is 8.78 Å². The van der Waals surface area contributed by atoms with Gasteiger partial charge in [0.15, 0.2) is 23.1 Å². The second-order valence-corrected chi connectivity index (χ2v) is 6.01. The first-order chi connectivity index (χ1) is 13.0. The first-order valence-electron chi connectivity index (χ1n) is 8.35. The summed E-state index contributed by atoms with van der Waals surface area (Å²) in [7, 11) is 0. The number of hydrogen-bond donors (Lipinski definition) is 1. The molecule has 0 aliphatic carbocycles. The van der Waals surface area contributed by atoms with Crippen LogP contribution in [0, 0.1) is 25.5 Å². The lowest BCUT2D eigenvalue weighted by Crippen LogP contribution is -2.28. The Hall–Kier alpha value is -3.22. The lowest BCUT2D eigenvalue weighted by atomic mass is 10.1. The zero-order valence-electron chi connectivity index (χ0n) is 14.9. The molecule has 0 saturated carbocycles.